The zero-order valence-electron chi connectivity index (χ0n) is 13.9. The highest BCUT2D eigenvalue weighted by atomic mass is 16.1. The van der Waals surface area contributed by atoms with Crippen LogP contribution in [0.25, 0.3) is 11.4 Å². The van der Waals surface area contributed by atoms with E-state index in [-0.39, 0.29) is 11.7 Å². The van der Waals surface area contributed by atoms with E-state index < -0.39 is 0 Å². The highest BCUT2D eigenvalue weighted by Crippen LogP contribution is 2.21. The van der Waals surface area contributed by atoms with E-state index in [4.69, 9.17) is 11.1 Å². The van der Waals surface area contributed by atoms with Crippen LogP contribution >= 0.6 is 0 Å². The smallest absolute Gasteiger partial charge is 0.221 e. The summed E-state index contributed by atoms with van der Waals surface area (Å²) in [6, 6.07) is 15.2. The summed E-state index contributed by atoms with van der Waals surface area (Å²) in [6.07, 6.45) is 3.67. The van der Waals surface area contributed by atoms with Gasteiger partial charge in [0, 0.05) is 42.7 Å². The van der Waals surface area contributed by atoms with E-state index in [2.05, 4.69) is 10.3 Å². The van der Waals surface area contributed by atoms with Crippen molar-refractivity contribution >= 4 is 17.4 Å². The van der Waals surface area contributed by atoms with Crippen LogP contribution in [-0.2, 0) is 11.3 Å². The molecule has 0 aliphatic heterocycles. The van der Waals surface area contributed by atoms with Crippen LogP contribution in [0.4, 0.5) is 5.69 Å². The quantitative estimate of drug-likeness (QED) is 0.495. The van der Waals surface area contributed by atoms with Gasteiger partial charge in [-0.25, -0.2) is 4.98 Å². The van der Waals surface area contributed by atoms with Gasteiger partial charge in [0.2, 0.25) is 5.91 Å². The number of hydrogen-bond acceptors (Lipinski definition) is 3. The molecule has 0 saturated carbocycles. The maximum Gasteiger partial charge on any atom is 0.221 e. The Balaban J connectivity index is 1.84. The second-order valence-electron chi connectivity index (χ2n) is 5.75. The minimum absolute atomic E-state index is 0.0567. The zero-order chi connectivity index (χ0) is 17.8. The summed E-state index contributed by atoms with van der Waals surface area (Å²) in [5.74, 6) is 0.795. The Morgan fingerprint density at radius 3 is 2.68 bits per heavy atom. The van der Waals surface area contributed by atoms with E-state index in [1.807, 2.05) is 59.3 Å². The Bertz CT molecular complexity index is 912. The van der Waals surface area contributed by atoms with Crippen molar-refractivity contribution in [2.75, 3.05) is 5.32 Å². The maximum absolute atomic E-state index is 11.1. The molecule has 6 heteroatoms. The van der Waals surface area contributed by atoms with Gasteiger partial charge in [-0.3, -0.25) is 10.2 Å². The largest absolute Gasteiger partial charge is 0.384 e. The third-order valence-corrected chi connectivity index (χ3v) is 3.77. The van der Waals surface area contributed by atoms with Crippen molar-refractivity contribution in [2.45, 2.75) is 13.5 Å². The number of amides is 1. The minimum Gasteiger partial charge on any atom is -0.384 e. The Kier molecular flexibility index (Phi) is 4.61. The predicted octanol–water partition coefficient (Wildman–Crippen LogP) is 2.84. The third kappa shape index (κ3) is 3.92. The van der Waals surface area contributed by atoms with Gasteiger partial charge in [-0.15, -0.1) is 0 Å². The summed E-state index contributed by atoms with van der Waals surface area (Å²) in [5.41, 5.74) is 9.02. The van der Waals surface area contributed by atoms with E-state index in [0.717, 1.165) is 22.6 Å². The summed E-state index contributed by atoms with van der Waals surface area (Å²) in [4.78, 5) is 15.5. The normalized spacial score (nSPS) is 10.4. The van der Waals surface area contributed by atoms with Crippen molar-refractivity contribution in [3.05, 3.63) is 72.1 Å². The van der Waals surface area contributed by atoms with Gasteiger partial charge in [0.1, 0.15) is 11.7 Å². The van der Waals surface area contributed by atoms with Crippen molar-refractivity contribution < 1.29 is 4.79 Å². The van der Waals surface area contributed by atoms with Gasteiger partial charge in [0.05, 0.1) is 0 Å². The third-order valence-electron chi connectivity index (χ3n) is 3.77. The van der Waals surface area contributed by atoms with Crippen LogP contribution in [0.2, 0.25) is 0 Å². The number of nitrogen functional groups attached to an aromatic ring is 1. The second-order valence-corrected chi connectivity index (χ2v) is 5.75. The monoisotopic (exact) mass is 333 g/mol. The molecule has 0 bridgehead atoms. The van der Waals surface area contributed by atoms with E-state index >= 15 is 0 Å². The van der Waals surface area contributed by atoms with Gasteiger partial charge in [0.15, 0.2) is 0 Å². The molecule has 1 heterocycles. The van der Waals surface area contributed by atoms with Crippen molar-refractivity contribution in [1.29, 1.82) is 5.41 Å². The minimum atomic E-state index is -0.0976. The highest BCUT2D eigenvalue weighted by molar-refractivity contribution is 5.95. The van der Waals surface area contributed by atoms with Gasteiger partial charge in [-0.05, 0) is 35.9 Å². The average Bonchev–Trinajstić information content (AvgIpc) is 3.03. The van der Waals surface area contributed by atoms with Crippen molar-refractivity contribution in [3.8, 4) is 11.4 Å². The number of nitrogens with zero attached hydrogens (tertiary/aromatic N) is 2. The molecule has 1 aromatic heterocycles. The molecule has 6 nitrogen and oxygen atoms in total. The first-order chi connectivity index (χ1) is 12.0. The number of hydrogen-bond donors (Lipinski definition) is 3. The number of nitrogens with one attached hydrogen (secondary N) is 2. The Morgan fingerprint density at radius 2 is 2.00 bits per heavy atom. The number of anilines is 1. The fraction of sp³-hybridized carbons (Fsp3) is 0.105. The predicted molar refractivity (Wildman–Crippen MR) is 98.5 cm³/mol. The van der Waals surface area contributed by atoms with Gasteiger partial charge in [0.25, 0.3) is 0 Å². The summed E-state index contributed by atoms with van der Waals surface area (Å²) in [6.45, 7) is 2.11. The molecule has 0 spiro atoms. The van der Waals surface area contributed by atoms with Gasteiger partial charge >= 0.3 is 0 Å². The summed E-state index contributed by atoms with van der Waals surface area (Å²) in [5, 5.41) is 10.3. The molecule has 0 fully saturated rings. The van der Waals surface area contributed by atoms with Crippen molar-refractivity contribution in [1.82, 2.24) is 9.55 Å². The number of amidine groups is 1. The van der Waals surface area contributed by atoms with Crippen LogP contribution in [0.1, 0.15) is 18.1 Å². The van der Waals surface area contributed by atoms with Crippen molar-refractivity contribution in [3.63, 3.8) is 0 Å². The first-order valence-electron chi connectivity index (χ1n) is 7.85. The molecule has 3 aromatic rings. The van der Waals surface area contributed by atoms with Crippen LogP contribution in [0, 0.1) is 5.41 Å². The van der Waals surface area contributed by atoms with E-state index in [1.54, 1.807) is 6.20 Å². The molecule has 1 amide bonds. The molecule has 3 rings (SSSR count). The molecule has 0 atom stereocenters. The first-order valence-corrected chi connectivity index (χ1v) is 7.85. The van der Waals surface area contributed by atoms with Crippen molar-refractivity contribution in [2.24, 2.45) is 5.73 Å². The van der Waals surface area contributed by atoms with Crippen LogP contribution < -0.4 is 11.1 Å². The molecule has 25 heavy (non-hydrogen) atoms. The Labute approximate surface area is 145 Å². The van der Waals surface area contributed by atoms with E-state index in [1.165, 1.54) is 6.92 Å². The number of carbonyl (C=O) groups is 1. The number of imidazole rings is 1. The molecule has 126 valence electrons. The van der Waals surface area contributed by atoms with Crippen LogP contribution in [0.15, 0.2) is 60.9 Å². The average molecular weight is 333 g/mol. The number of benzene rings is 2. The van der Waals surface area contributed by atoms with Crippen LogP contribution in [0.5, 0.6) is 0 Å². The SMILES string of the molecule is CC(=O)Nc1ccc(-c2nccn2Cc2cccc(C(=N)N)c2)cc1. The van der Waals surface area contributed by atoms with E-state index in [9.17, 15) is 4.79 Å². The molecule has 2 aromatic carbocycles. The Morgan fingerprint density at radius 1 is 1.24 bits per heavy atom. The molecule has 0 saturated heterocycles. The molecular formula is C19H19N5O. The summed E-state index contributed by atoms with van der Waals surface area (Å²) < 4.78 is 2.03. The lowest BCUT2D eigenvalue weighted by Crippen LogP contribution is -2.11. The first kappa shape index (κ1) is 16.4. The molecule has 0 aliphatic carbocycles. The lowest BCUT2D eigenvalue weighted by atomic mass is 10.1. The fourth-order valence-corrected chi connectivity index (χ4v) is 2.64. The summed E-state index contributed by atoms with van der Waals surface area (Å²) in [7, 11) is 0. The van der Waals surface area contributed by atoms with Crippen LogP contribution in [0.3, 0.4) is 0 Å². The molecule has 0 aliphatic rings. The lowest BCUT2D eigenvalue weighted by molar-refractivity contribution is -0.114. The second kappa shape index (κ2) is 7.00. The van der Waals surface area contributed by atoms with Gasteiger partial charge < -0.3 is 15.6 Å². The molecule has 0 unspecified atom stereocenters. The number of aromatic nitrogens is 2. The molecule has 4 N–H and O–H groups in total. The maximum atomic E-state index is 11.1. The van der Waals surface area contributed by atoms with Crippen LogP contribution in [-0.4, -0.2) is 21.3 Å². The topological polar surface area (TPSA) is 96.8 Å². The van der Waals surface area contributed by atoms with Gasteiger partial charge in [-0.1, -0.05) is 18.2 Å². The zero-order valence-corrected chi connectivity index (χ0v) is 13.9. The van der Waals surface area contributed by atoms with Gasteiger partial charge in [-0.2, -0.15) is 0 Å². The number of rotatable bonds is 5. The standard InChI is InChI=1S/C19H19N5O/c1-13(25)23-17-7-5-15(6-8-17)19-22-9-10-24(19)12-14-3-2-4-16(11-14)18(20)21/h2-11H,12H2,1H3,(H3,20,21)(H,23,25). The molecular weight excluding hydrogens is 314 g/mol. The fourth-order valence-electron chi connectivity index (χ4n) is 2.64. The lowest BCUT2D eigenvalue weighted by Gasteiger charge is -2.10. The number of carbonyl (C=O) groups excluding carboxylic acids is 1. The van der Waals surface area contributed by atoms with E-state index in [0.29, 0.717) is 12.1 Å². The Hall–Kier alpha value is -3.41. The number of nitrogens with two attached hydrogens (primary N) is 1. The summed E-state index contributed by atoms with van der Waals surface area (Å²) >= 11 is 0. The highest BCUT2D eigenvalue weighted by Gasteiger charge is 2.08. The molecule has 0 radical (unpaired) electrons.